The lowest BCUT2D eigenvalue weighted by atomic mass is 9.91. The summed E-state index contributed by atoms with van der Waals surface area (Å²) in [5, 5.41) is 16.2. The largest absolute Gasteiger partial charge is 0.384 e. The van der Waals surface area contributed by atoms with Gasteiger partial charge >= 0.3 is 0 Å². The smallest absolute Gasteiger partial charge is 0.0998 e. The van der Waals surface area contributed by atoms with Gasteiger partial charge < -0.3 is 10.4 Å². The lowest BCUT2D eigenvalue weighted by Crippen LogP contribution is -2.35. The Morgan fingerprint density at radius 2 is 1.83 bits per heavy atom. The van der Waals surface area contributed by atoms with Gasteiger partial charge in [0.25, 0.3) is 0 Å². The lowest BCUT2D eigenvalue weighted by molar-refractivity contribution is 0.0587. The maximum Gasteiger partial charge on any atom is 0.0998 e. The molecule has 0 bridgehead atoms. The van der Waals surface area contributed by atoms with Crippen molar-refractivity contribution in [3.8, 4) is 0 Å². The van der Waals surface area contributed by atoms with Gasteiger partial charge in [0.15, 0.2) is 0 Å². The van der Waals surface area contributed by atoms with Gasteiger partial charge in [-0.15, -0.1) is 0 Å². The zero-order valence-electron chi connectivity index (χ0n) is 11.1. The van der Waals surface area contributed by atoms with Gasteiger partial charge in [-0.25, -0.2) is 0 Å². The first kappa shape index (κ1) is 13.1. The summed E-state index contributed by atoms with van der Waals surface area (Å²) in [7, 11) is 0. The Hall–Kier alpha value is -1.38. The van der Waals surface area contributed by atoms with Crippen LogP contribution in [0.5, 0.6) is 0 Å². The number of hydrogen-bond donors (Lipinski definition) is 2. The molecule has 0 fully saturated rings. The van der Waals surface area contributed by atoms with Crippen LogP contribution in [0.3, 0.4) is 0 Å². The average molecular weight is 243 g/mol. The molecule has 1 unspecified atom stereocenters. The average Bonchev–Trinajstić information content (AvgIpc) is 2.38. The molecule has 2 aromatic carbocycles. The van der Waals surface area contributed by atoms with E-state index >= 15 is 0 Å². The van der Waals surface area contributed by atoms with E-state index < -0.39 is 5.60 Å². The van der Waals surface area contributed by atoms with Gasteiger partial charge in [-0.05, 0) is 36.2 Å². The van der Waals surface area contributed by atoms with Crippen LogP contribution in [0.4, 0.5) is 0 Å². The summed E-state index contributed by atoms with van der Waals surface area (Å²) in [4.78, 5) is 0. The van der Waals surface area contributed by atoms with E-state index in [2.05, 4.69) is 30.4 Å². The third-order valence-corrected chi connectivity index (χ3v) is 3.27. The molecular weight excluding hydrogens is 222 g/mol. The molecule has 0 saturated carbocycles. The van der Waals surface area contributed by atoms with Crippen LogP contribution in [0.25, 0.3) is 10.8 Å². The first-order chi connectivity index (χ1) is 8.65. The molecule has 1 atom stereocenters. The number of rotatable bonds is 5. The Kier molecular flexibility index (Phi) is 4.00. The highest BCUT2D eigenvalue weighted by Crippen LogP contribution is 2.28. The van der Waals surface area contributed by atoms with Crippen LogP contribution in [0, 0.1) is 0 Å². The van der Waals surface area contributed by atoms with Crippen LogP contribution in [-0.2, 0) is 5.60 Å². The van der Waals surface area contributed by atoms with Crippen LogP contribution in [-0.4, -0.2) is 18.2 Å². The predicted molar refractivity (Wildman–Crippen MR) is 76.7 cm³/mol. The monoisotopic (exact) mass is 243 g/mol. The van der Waals surface area contributed by atoms with Crippen molar-refractivity contribution in [3.63, 3.8) is 0 Å². The molecule has 0 heterocycles. The molecule has 0 aliphatic heterocycles. The van der Waals surface area contributed by atoms with Gasteiger partial charge in [0.2, 0.25) is 0 Å². The Bertz CT molecular complexity index is 514. The van der Waals surface area contributed by atoms with E-state index in [4.69, 9.17) is 0 Å². The highest BCUT2D eigenvalue weighted by Gasteiger charge is 2.24. The van der Waals surface area contributed by atoms with Crippen molar-refractivity contribution in [1.82, 2.24) is 5.32 Å². The molecule has 0 spiro atoms. The Balaban J connectivity index is 2.34. The molecule has 0 amide bonds. The normalized spacial score (nSPS) is 14.6. The van der Waals surface area contributed by atoms with E-state index in [1.165, 1.54) is 5.39 Å². The van der Waals surface area contributed by atoms with E-state index in [-0.39, 0.29) is 0 Å². The number of aliphatic hydroxyl groups is 1. The number of benzene rings is 2. The van der Waals surface area contributed by atoms with Gasteiger partial charge in [0.1, 0.15) is 0 Å². The first-order valence-electron chi connectivity index (χ1n) is 6.56. The van der Waals surface area contributed by atoms with Crippen molar-refractivity contribution in [2.75, 3.05) is 13.1 Å². The van der Waals surface area contributed by atoms with Crippen molar-refractivity contribution in [2.45, 2.75) is 25.9 Å². The van der Waals surface area contributed by atoms with Crippen LogP contribution in [0.2, 0.25) is 0 Å². The summed E-state index contributed by atoms with van der Waals surface area (Å²) in [5.74, 6) is 0. The summed E-state index contributed by atoms with van der Waals surface area (Å²) >= 11 is 0. The van der Waals surface area contributed by atoms with E-state index in [0.29, 0.717) is 6.54 Å². The van der Waals surface area contributed by atoms with Crippen molar-refractivity contribution < 1.29 is 5.11 Å². The minimum Gasteiger partial charge on any atom is -0.384 e. The molecule has 2 aromatic rings. The summed E-state index contributed by atoms with van der Waals surface area (Å²) in [6.07, 6.45) is 1.08. The van der Waals surface area contributed by atoms with Gasteiger partial charge in [-0.3, -0.25) is 0 Å². The Morgan fingerprint density at radius 1 is 1.11 bits per heavy atom. The molecule has 2 nitrogen and oxygen atoms in total. The summed E-state index contributed by atoms with van der Waals surface area (Å²) < 4.78 is 0. The fraction of sp³-hybridized carbons (Fsp3) is 0.375. The zero-order valence-corrected chi connectivity index (χ0v) is 11.1. The summed E-state index contributed by atoms with van der Waals surface area (Å²) in [5.41, 5.74) is 0.153. The fourth-order valence-electron chi connectivity index (χ4n) is 2.30. The van der Waals surface area contributed by atoms with Crippen molar-refractivity contribution in [2.24, 2.45) is 0 Å². The molecule has 0 aliphatic rings. The predicted octanol–water partition coefficient (Wildman–Crippen LogP) is 3.05. The van der Waals surface area contributed by atoms with Crippen molar-refractivity contribution in [3.05, 3.63) is 48.0 Å². The van der Waals surface area contributed by atoms with Crippen molar-refractivity contribution in [1.29, 1.82) is 0 Å². The third-order valence-electron chi connectivity index (χ3n) is 3.27. The molecule has 2 rings (SSSR count). The van der Waals surface area contributed by atoms with Crippen LogP contribution < -0.4 is 5.32 Å². The van der Waals surface area contributed by atoms with Gasteiger partial charge in [-0.1, -0.05) is 49.4 Å². The summed E-state index contributed by atoms with van der Waals surface area (Å²) in [6, 6.07) is 14.3. The SMILES string of the molecule is CCCNCC(C)(O)c1cccc2ccccc12. The number of fused-ring (bicyclic) bond motifs is 1. The molecule has 0 saturated heterocycles. The minimum absolute atomic E-state index is 0.578. The lowest BCUT2D eigenvalue weighted by Gasteiger charge is -2.26. The summed E-state index contributed by atoms with van der Waals surface area (Å²) in [6.45, 7) is 5.51. The fourth-order valence-corrected chi connectivity index (χ4v) is 2.30. The van der Waals surface area contributed by atoms with E-state index in [0.717, 1.165) is 23.9 Å². The second-order valence-corrected chi connectivity index (χ2v) is 4.98. The molecule has 0 aromatic heterocycles. The Labute approximate surface area is 109 Å². The maximum atomic E-state index is 10.6. The van der Waals surface area contributed by atoms with Gasteiger partial charge in [-0.2, -0.15) is 0 Å². The Morgan fingerprint density at radius 3 is 2.61 bits per heavy atom. The van der Waals surface area contributed by atoms with Gasteiger partial charge in [0.05, 0.1) is 5.60 Å². The maximum absolute atomic E-state index is 10.6. The van der Waals surface area contributed by atoms with Crippen LogP contribution >= 0.6 is 0 Å². The van der Waals surface area contributed by atoms with Gasteiger partial charge in [0, 0.05) is 6.54 Å². The molecular formula is C16H21NO. The highest BCUT2D eigenvalue weighted by atomic mass is 16.3. The highest BCUT2D eigenvalue weighted by molar-refractivity contribution is 5.86. The van der Waals surface area contributed by atoms with E-state index in [1.54, 1.807) is 0 Å². The first-order valence-corrected chi connectivity index (χ1v) is 6.56. The zero-order chi connectivity index (χ0) is 13.0. The molecule has 2 heteroatoms. The molecule has 0 radical (unpaired) electrons. The van der Waals surface area contributed by atoms with Crippen LogP contribution in [0.15, 0.2) is 42.5 Å². The third kappa shape index (κ3) is 2.71. The number of hydrogen-bond acceptors (Lipinski definition) is 2. The molecule has 96 valence electrons. The molecule has 0 aliphatic carbocycles. The topological polar surface area (TPSA) is 32.3 Å². The van der Waals surface area contributed by atoms with Crippen LogP contribution in [0.1, 0.15) is 25.8 Å². The standard InChI is InChI=1S/C16H21NO/c1-3-11-17-12-16(2,18)15-10-6-8-13-7-4-5-9-14(13)15/h4-10,17-18H,3,11-12H2,1-2H3. The molecule has 18 heavy (non-hydrogen) atoms. The molecule has 2 N–H and O–H groups in total. The van der Waals surface area contributed by atoms with Crippen molar-refractivity contribution >= 4 is 10.8 Å². The quantitative estimate of drug-likeness (QED) is 0.791. The van der Waals surface area contributed by atoms with E-state index in [9.17, 15) is 5.11 Å². The minimum atomic E-state index is -0.837. The van der Waals surface area contributed by atoms with E-state index in [1.807, 2.05) is 31.2 Å². The second kappa shape index (κ2) is 5.51. The number of nitrogens with one attached hydrogen (secondary N) is 1. The second-order valence-electron chi connectivity index (χ2n) is 4.98.